The Balaban J connectivity index is 1.34. The summed E-state index contributed by atoms with van der Waals surface area (Å²) >= 11 is 0. The van der Waals surface area contributed by atoms with Crippen molar-refractivity contribution in [1.29, 1.82) is 0 Å². The average Bonchev–Trinajstić information content (AvgIpc) is 3.37. The molecule has 3 aromatic rings. The van der Waals surface area contributed by atoms with Gasteiger partial charge in [-0.2, -0.15) is 0 Å². The molecule has 152 valence electrons. The highest BCUT2D eigenvalue weighted by Crippen LogP contribution is 2.30. The molecule has 1 atom stereocenters. The fourth-order valence-corrected chi connectivity index (χ4v) is 4.51. The molecule has 0 saturated carbocycles. The molecule has 1 aromatic carbocycles. The smallest absolute Gasteiger partial charge is 0.276 e. The van der Waals surface area contributed by atoms with E-state index in [1.54, 1.807) is 0 Å². The summed E-state index contributed by atoms with van der Waals surface area (Å²) in [6.45, 7) is 5.25. The van der Waals surface area contributed by atoms with E-state index in [9.17, 15) is 4.79 Å². The first-order valence-electron chi connectivity index (χ1n) is 10.5. The first-order valence-corrected chi connectivity index (χ1v) is 10.5. The number of oxazole rings is 1. The zero-order valence-corrected chi connectivity index (χ0v) is 16.7. The molecule has 0 aliphatic carbocycles. The minimum Gasteiger partial charge on any atom is -0.440 e. The van der Waals surface area contributed by atoms with E-state index in [0.717, 1.165) is 68.0 Å². The predicted molar refractivity (Wildman–Crippen MR) is 108 cm³/mol. The van der Waals surface area contributed by atoms with Crippen molar-refractivity contribution < 1.29 is 9.21 Å². The number of hydrogen-bond acceptors (Lipinski definition) is 6. The number of para-hydroxylation sites is 2. The number of nitrogens with zero attached hydrogens (tertiary/aromatic N) is 5. The van der Waals surface area contributed by atoms with Crippen molar-refractivity contribution in [3.63, 3.8) is 0 Å². The van der Waals surface area contributed by atoms with E-state index in [4.69, 9.17) is 4.42 Å². The molecule has 4 heterocycles. The van der Waals surface area contributed by atoms with Crippen molar-refractivity contribution >= 4 is 17.0 Å². The second kappa shape index (κ2) is 7.59. The quantitative estimate of drug-likeness (QED) is 0.735. The van der Waals surface area contributed by atoms with Gasteiger partial charge in [0.05, 0.1) is 17.7 Å². The molecule has 0 bridgehead atoms. The van der Waals surface area contributed by atoms with E-state index in [-0.39, 0.29) is 11.8 Å². The van der Waals surface area contributed by atoms with Gasteiger partial charge in [0.2, 0.25) is 0 Å². The van der Waals surface area contributed by atoms with Crippen molar-refractivity contribution in [1.82, 2.24) is 30.2 Å². The standard InChI is InChI=1S/C21H26N6O2/c1-14-19(24-25-27(14)16-8-10-22-11-9-16)21(28)26-12-4-5-15(13-26)20-23-17-6-2-3-7-18(17)29-20/h2-3,6-7,15-16,22H,4-5,8-13H2,1H3/t15-/m0/s1. The third-order valence-corrected chi connectivity index (χ3v) is 6.15. The van der Waals surface area contributed by atoms with Crippen LogP contribution in [0.5, 0.6) is 0 Å². The van der Waals surface area contributed by atoms with Crippen molar-refractivity contribution in [3.05, 3.63) is 41.5 Å². The molecule has 0 spiro atoms. The Labute approximate surface area is 169 Å². The fraction of sp³-hybridized carbons (Fsp3) is 0.524. The van der Waals surface area contributed by atoms with E-state index in [2.05, 4.69) is 20.6 Å². The second-order valence-electron chi connectivity index (χ2n) is 8.06. The van der Waals surface area contributed by atoms with Gasteiger partial charge in [-0.3, -0.25) is 4.79 Å². The van der Waals surface area contributed by atoms with Crippen LogP contribution in [0.25, 0.3) is 11.1 Å². The number of carbonyl (C=O) groups is 1. The molecule has 1 amide bonds. The van der Waals surface area contributed by atoms with Crippen LogP contribution in [0.3, 0.4) is 0 Å². The number of piperidine rings is 2. The van der Waals surface area contributed by atoms with Crippen molar-refractivity contribution in [2.45, 2.75) is 44.6 Å². The van der Waals surface area contributed by atoms with E-state index in [1.165, 1.54) is 0 Å². The van der Waals surface area contributed by atoms with Crippen molar-refractivity contribution in [3.8, 4) is 0 Å². The summed E-state index contributed by atoms with van der Waals surface area (Å²) in [6, 6.07) is 8.11. The van der Waals surface area contributed by atoms with Crippen LogP contribution in [-0.4, -0.2) is 57.0 Å². The van der Waals surface area contributed by atoms with Gasteiger partial charge in [0.25, 0.3) is 5.91 Å². The van der Waals surface area contributed by atoms with Gasteiger partial charge in [0, 0.05) is 13.1 Å². The van der Waals surface area contributed by atoms with Crippen LogP contribution in [0.1, 0.15) is 59.7 Å². The van der Waals surface area contributed by atoms with Gasteiger partial charge in [-0.1, -0.05) is 17.3 Å². The number of amides is 1. The Bertz CT molecular complexity index is 986. The number of carbonyl (C=O) groups excluding carboxylic acids is 1. The number of hydrogen-bond donors (Lipinski definition) is 1. The Morgan fingerprint density at radius 1 is 1.21 bits per heavy atom. The molecule has 0 unspecified atom stereocenters. The molecule has 8 heteroatoms. The largest absolute Gasteiger partial charge is 0.440 e. The highest BCUT2D eigenvalue weighted by atomic mass is 16.3. The molecule has 29 heavy (non-hydrogen) atoms. The molecule has 2 aliphatic heterocycles. The topological polar surface area (TPSA) is 89.1 Å². The number of aromatic nitrogens is 4. The van der Waals surface area contributed by atoms with Crippen molar-refractivity contribution in [2.24, 2.45) is 0 Å². The van der Waals surface area contributed by atoms with Gasteiger partial charge in [0.15, 0.2) is 17.2 Å². The molecule has 2 fully saturated rings. The summed E-state index contributed by atoms with van der Waals surface area (Å²) in [7, 11) is 0. The Morgan fingerprint density at radius 3 is 2.86 bits per heavy atom. The number of fused-ring (bicyclic) bond motifs is 1. The summed E-state index contributed by atoms with van der Waals surface area (Å²) < 4.78 is 7.90. The molecule has 1 N–H and O–H groups in total. The van der Waals surface area contributed by atoms with Crippen LogP contribution in [0.2, 0.25) is 0 Å². The number of nitrogens with one attached hydrogen (secondary N) is 1. The molecular formula is C21H26N6O2. The first kappa shape index (κ1) is 18.3. The Morgan fingerprint density at radius 2 is 2.03 bits per heavy atom. The molecule has 2 aromatic heterocycles. The Kier molecular flexibility index (Phi) is 4.79. The monoisotopic (exact) mass is 394 g/mol. The van der Waals surface area contributed by atoms with Gasteiger partial charge in [-0.25, -0.2) is 9.67 Å². The normalized spacial score (nSPS) is 21.0. The number of benzene rings is 1. The average molecular weight is 394 g/mol. The maximum absolute atomic E-state index is 13.2. The lowest BCUT2D eigenvalue weighted by Crippen LogP contribution is -2.39. The maximum Gasteiger partial charge on any atom is 0.276 e. The van der Waals surface area contributed by atoms with Gasteiger partial charge < -0.3 is 14.6 Å². The van der Waals surface area contributed by atoms with Crippen LogP contribution < -0.4 is 5.32 Å². The van der Waals surface area contributed by atoms with Crippen LogP contribution in [0.4, 0.5) is 0 Å². The highest BCUT2D eigenvalue weighted by Gasteiger charge is 2.31. The van der Waals surface area contributed by atoms with Gasteiger partial charge in [-0.15, -0.1) is 5.10 Å². The van der Waals surface area contributed by atoms with Gasteiger partial charge in [0.1, 0.15) is 5.52 Å². The maximum atomic E-state index is 13.2. The molecule has 2 aliphatic rings. The SMILES string of the molecule is Cc1c(C(=O)N2CCC[C@H](c3nc4ccccc4o3)C2)nnn1C1CCNCC1. The first-order chi connectivity index (χ1) is 14.2. The zero-order chi connectivity index (χ0) is 19.8. The third kappa shape index (κ3) is 3.42. The molecule has 5 rings (SSSR count). The van der Waals surface area contributed by atoms with E-state index in [1.807, 2.05) is 40.8 Å². The summed E-state index contributed by atoms with van der Waals surface area (Å²) in [6.07, 6.45) is 3.93. The predicted octanol–water partition coefficient (Wildman–Crippen LogP) is 2.67. The summed E-state index contributed by atoms with van der Waals surface area (Å²) in [4.78, 5) is 19.7. The molecule has 8 nitrogen and oxygen atoms in total. The fourth-order valence-electron chi connectivity index (χ4n) is 4.51. The summed E-state index contributed by atoms with van der Waals surface area (Å²) in [5.74, 6) is 0.794. The summed E-state index contributed by atoms with van der Waals surface area (Å²) in [5, 5.41) is 11.9. The van der Waals surface area contributed by atoms with Crippen LogP contribution in [-0.2, 0) is 0 Å². The van der Waals surface area contributed by atoms with Crippen LogP contribution >= 0.6 is 0 Å². The van der Waals surface area contributed by atoms with Crippen molar-refractivity contribution in [2.75, 3.05) is 26.2 Å². The Hall–Kier alpha value is -2.74. The van der Waals surface area contributed by atoms with Crippen LogP contribution in [0, 0.1) is 6.92 Å². The lowest BCUT2D eigenvalue weighted by molar-refractivity contribution is 0.0692. The zero-order valence-electron chi connectivity index (χ0n) is 16.7. The third-order valence-electron chi connectivity index (χ3n) is 6.15. The minimum atomic E-state index is -0.0384. The lowest BCUT2D eigenvalue weighted by atomic mass is 9.97. The molecule has 0 radical (unpaired) electrons. The molecular weight excluding hydrogens is 368 g/mol. The van der Waals surface area contributed by atoms with Gasteiger partial charge >= 0.3 is 0 Å². The minimum absolute atomic E-state index is 0.0384. The highest BCUT2D eigenvalue weighted by molar-refractivity contribution is 5.93. The summed E-state index contributed by atoms with van der Waals surface area (Å²) in [5.41, 5.74) is 3.01. The van der Waals surface area contributed by atoms with Crippen LogP contribution in [0.15, 0.2) is 28.7 Å². The molecule has 2 saturated heterocycles. The lowest BCUT2D eigenvalue weighted by Gasteiger charge is -2.31. The second-order valence-corrected chi connectivity index (χ2v) is 8.06. The number of rotatable bonds is 3. The van der Waals surface area contributed by atoms with Gasteiger partial charge in [-0.05, 0) is 57.8 Å². The van der Waals surface area contributed by atoms with E-state index < -0.39 is 0 Å². The van der Waals surface area contributed by atoms with E-state index >= 15 is 0 Å². The van der Waals surface area contributed by atoms with E-state index in [0.29, 0.717) is 18.3 Å². The number of likely N-dealkylation sites (tertiary alicyclic amines) is 1.